The number of anilines is 1. The van der Waals surface area contributed by atoms with Crippen molar-refractivity contribution in [1.29, 1.82) is 0 Å². The van der Waals surface area contributed by atoms with Crippen molar-refractivity contribution in [1.82, 2.24) is 19.9 Å². The van der Waals surface area contributed by atoms with Crippen LogP contribution in [0.2, 0.25) is 0 Å². The van der Waals surface area contributed by atoms with Crippen molar-refractivity contribution in [3.63, 3.8) is 0 Å². The van der Waals surface area contributed by atoms with Crippen molar-refractivity contribution in [3.05, 3.63) is 29.8 Å². The number of aryl methyl sites for hydroxylation is 1. The molecule has 0 aliphatic rings. The van der Waals surface area contributed by atoms with E-state index >= 15 is 0 Å². The Balaban J connectivity index is 2.34. The molecule has 6 heteroatoms. The van der Waals surface area contributed by atoms with Crippen LogP contribution in [0.4, 0.5) is 5.82 Å². The van der Waals surface area contributed by atoms with E-state index in [0.29, 0.717) is 5.16 Å². The van der Waals surface area contributed by atoms with Crippen molar-refractivity contribution >= 4 is 17.6 Å². The minimum absolute atomic E-state index is 0.708. The van der Waals surface area contributed by atoms with Gasteiger partial charge in [0.05, 0.1) is 0 Å². The van der Waals surface area contributed by atoms with Crippen molar-refractivity contribution in [3.8, 4) is 0 Å². The maximum atomic E-state index is 4.63. The van der Waals surface area contributed by atoms with Gasteiger partial charge in [-0.15, -0.1) is 0 Å². The first kappa shape index (κ1) is 14.7. The molecule has 0 bridgehead atoms. The Morgan fingerprint density at radius 2 is 1.90 bits per heavy atom. The zero-order valence-electron chi connectivity index (χ0n) is 12.1. The molecule has 0 saturated heterocycles. The van der Waals surface area contributed by atoms with Crippen LogP contribution < -0.4 is 5.32 Å². The van der Waals surface area contributed by atoms with Crippen molar-refractivity contribution in [2.24, 2.45) is 0 Å². The lowest BCUT2D eigenvalue weighted by atomic mass is 10.3. The van der Waals surface area contributed by atoms with E-state index in [4.69, 9.17) is 0 Å². The molecule has 0 saturated carbocycles. The zero-order chi connectivity index (χ0) is 14.4. The monoisotopic (exact) mass is 289 g/mol. The van der Waals surface area contributed by atoms with E-state index in [9.17, 15) is 0 Å². The van der Waals surface area contributed by atoms with E-state index in [1.807, 2.05) is 13.0 Å². The summed E-state index contributed by atoms with van der Waals surface area (Å²) in [5.41, 5.74) is 1.05. The summed E-state index contributed by atoms with van der Waals surface area (Å²) >= 11 is 1.48. The number of nitrogens with zero attached hydrogens (tertiary/aromatic N) is 4. The summed E-state index contributed by atoms with van der Waals surface area (Å²) in [4.78, 5) is 17.7. The minimum Gasteiger partial charge on any atom is -0.370 e. The third-order valence-corrected chi connectivity index (χ3v) is 3.68. The van der Waals surface area contributed by atoms with Gasteiger partial charge in [0.25, 0.3) is 0 Å². The molecule has 0 aliphatic carbocycles. The Morgan fingerprint density at radius 1 is 1.15 bits per heavy atom. The fraction of sp³-hybridized carbons (Fsp3) is 0.429. The Morgan fingerprint density at radius 3 is 2.55 bits per heavy atom. The molecule has 0 atom stereocenters. The number of nitrogens with one attached hydrogen (secondary N) is 1. The predicted molar refractivity (Wildman–Crippen MR) is 81.1 cm³/mol. The largest absolute Gasteiger partial charge is 0.370 e. The first-order chi connectivity index (χ1) is 9.74. The molecule has 106 valence electrons. The van der Waals surface area contributed by atoms with E-state index in [1.165, 1.54) is 11.8 Å². The van der Waals surface area contributed by atoms with Crippen molar-refractivity contribution in [2.75, 3.05) is 11.9 Å². The Hall–Kier alpha value is -1.69. The minimum atomic E-state index is 0.708. The van der Waals surface area contributed by atoms with Gasteiger partial charge in [-0.3, -0.25) is 0 Å². The van der Waals surface area contributed by atoms with Gasteiger partial charge in [0.15, 0.2) is 5.16 Å². The fourth-order valence-electron chi connectivity index (χ4n) is 1.74. The van der Waals surface area contributed by atoms with Gasteiger partial charge in [-0.2, -0.15) is 0 Å². The average Bonchev–Trinajstić information content (AvgIpc) is 2.45. The van der Waals surface area contributed by atoms with E-state index < -0.39 is 0 Å². The first-order valence-corrected chi connectivity index (χ1v) is 7.62. The van der Waals surface area contributed by atoms with Crippen LogP contribution in [0.3, 0.4) is 0 Å². The van der Waals surface area contributed by atoms with E-state index in [-0.39, 0.29) is 0 Å². The molecule has 1 N–H and O–H groups in total. The molecule has 5 nitrogen and oxygen atoms in total. The van der Waals surface area contributed by atoms with Gasteiger partial charge in [0.2, 0.25) is 0 Å². The molecule has 0 spiro atoms. The molecule has 0 aliphatic heterocycles. The highest BCUT2D eigenvalue weighted by Gasteiger charge is 2.12. The van der Waals surface area contributed by atoms with Crippen LogP contribution in [0.5, 0.6) is 0 Å². The highest BCUT2D eigenvalue weighted by Crippen LogP contribution is 2.29. The molecule has 0 amide bonds. The van der Waals surface area contributed by atoms with Gasteiger partial charge in [-0.25, -0.2) is 19.9 Å². The van der Waals surface area contributed by atoms with E-state index in [0.717, 1.165) is 41.6 Å². The molecule has 0 aromatic carbocycles. The summed E-state index contributed by atoms with van der Waals surface area (Å²) in [6.45, 7) is 7.06. The summed E-state index contributed by atoms with van der Waals surface area (Å²) in [5, 5.41) is 4.92. The number of rotatable bonds is 6. The summed E-state index contributed by atoms with van der Waals surface area (Å²) in [6, 6.07) is 1.81. The second kappa shape index (κ2) is 7.19. The quantitative estimate of drug-likeness (QED) is 0.651. The Kier molecular flexibility index (Phi) is 5.29. The van der Waals surface area contributed by atoms with Gasteiger partial charge in [-0.05, 0) is 38.1 Å². The van der Waals surface area contributed by atoms with E-state index in [2.05, 4.69) is 39.1 Å². The second-order valence-electron chi connectivity index (χ2n) is 4.33. The number of hydrogen-bond acceptors (Lipinski definition) is 6. The topological polar surface area (TPSA) is 63.6 Å². The Labute approximate surface area is 123 Å². The van der Waals surface area contributed by atoms with Crippen LogP contribution >= 0.6 is 11.8 Å². The summed E-state index contributed by atoms with van der Waals surface area (Å²) < 4.78 is 0. The normalized spacial score (nSPS) is 10.6. The summed E-state index contributed by atoms with van der Waals surface area (Å²) in [6.07, 6.45) is 5.39. The third-order valence-electron chi connectivity index (χ3n) is 2.70. The SMILES string of the molecule is CCCc1nc(NCC)c(C)c(Sc2ncccn2)n1. The van der Waals surface area contributed by atoms with Crippen LogP contribution in [-0.4, -0.2) is 26.5 Å². The average molecular weight is 289 g/mol. The van der Waals surface area contributed by atoms with Gasteiger partial charge in [0.1, 0.15) is 16.7 Å². The molecule has 20 heavy (non-hydrogen) atoms. The number of hydrogen-bond donors (Lipinski definition) is 1. The molecule has 0 radical (unpaired) electrons. The number of aromatic nitrogens is 4. The van der Waals surface area contributed by atoms with Crippen LogP contribution in [0.25, 0.3) is 0 Å². The summed E-state index contributed by atoms with van der Waals surface area (Å²) in [5.74, 6) is 1.77. The first-order valence-electron chi connectivity index (χ1n) is 6.80. The van der Waals surface area contributed by atoms with Crippen LogP contribution in [-0.2, 0) is 6.42 Å². The van der Waals surface area contributed by atoms with Crippen LogP contribution in [0.15, 0.2) is 28.6 Å². The Bertz CT molecular complexity index is 559. The molecule has 2 rings (SSSR count). The van der Waals surface area contributed by atoms with Gasteiger partial charge < -0.3 is 5.32 Å². The zero-order valence-corrected chi connectivity index (χ0v) is 12.9. The van der Waals surface area contributed by atoms with Crippen molar-refractivity contribution in [2.45, 2.75) is 43.8 Å². The summed E-state index contributed by atoms with van der Waals surface area (Å²) in [7, 11) is 0. The van der Waals surface area contributed by atoms with Gasteiger partial charge in [-0.1, -0.05) is 6.92 Å². The fourth-order valence-corrected chi connectivity index (χ4v) is 2.54. The predicted octanol–water partition coefficient (Wildman–Crippen LogP) is 3.11. The highest BCUT2D eigenvalue weighted by molar-refractivity contribution is 7.99. The third kappa shape index (κ3) is 3.66. The molecule has 0 unspecified atom stereocenters. The van der Waals surface area contributed by atoms with Gasteiger partial charge in [0, 0.05) is 30.9 Å². The lowest BCUT2D eigenvalue weighted by molar-refractivity contribution is 0.800. The molecule has 0 fully saturated rings. The maximum absolute atomic E-state index is 4.63. The highest BCUT2D eigenvalue weighted by atomic mass is 32.2. The van der Waals surface area contributed by atoms with Gasteiger partial charge >= 0.3 is 0 Å². The molecule has 2 aromatic heterocycles. The lowest BCUT2D eigenvalue weighted by Gasteiger charge is -2.12. The maximum Gasteiger partial charge on any atom is 0.193 e. The second-order valence-corrected chi connectivity index (χ2v) is 5.29. The smallest absolute Gasteiger partial charge is 0.193 e. The van der Waals surface area contributed by atoms with Crippen molar-refractivity contribution < 1.29 is 0 Å². The standard InChI is InChI=1S/C14H19N5S/c1-4-7-11-18-12(15-5-2)10(3)13(19-11)20-14-16-8-6-9-17-14/h6,8-9H,4-5,7H2,1-3H3,(H,15,18,19). The van der Waals surface area contributed by atoms with Crippen LogP contribution in [0.1, 0.15) is 31.7 Å². The van der Waals surface area contributed by atoms with E-state index in [1.54, 1.807) is 12.4 Å². The molecule has 2 aromatic rings. The van der Waals surface area contributed by atoms with Crippen LogP contribution in [0, 0.1) is 6.92 Å². The molecular weight excluding hydrogens is 270 g/mol. The molecular formula is C14H19N5S. The molecule has 2 heterocycles. The lowest BCUT2D eigenvalue weighted by Crippen LogP contribution is -2.07.